The first-order valence-electron chi connectivity index (χ1n) is 13.1. The molecule has 1 aliphatic rings. The van der Waals surface area contributed by atoms with Crippen molar-refractivity contribution in [3.05, 3.63) is 65.7 Å². The first-order valence-corrected chi connectivity index (χ1v) is 13.1. The van der Waals surface area contributed by atoms with Crippen LogP contribution in [-0.2, 0) is 32.0 Å². The third kappa shape index (κ3) is 8.80. The minimum atomic E-state index is -3.97. The molecule has 0 radical (unpaired) electrons. The van der Waals surface area contributed by atoms with Crippen LogP contribution < -0.4 is 27.8 Å². The number of aliphatic imine (C=N–C) groups is 1. The first-order chi connectivity index (χ1) is 19.4. The summed E-state index contributed by atoms with van der Waals surface area (Å²) in [5, 5.41) is 4.38. The molecule has 0 spiro atoms. The third-order valence-electron chi connectivity index (χ3n) is 6.64. The second-order valence-electron chi connectivity index (χ2n) is 9.93. The first kappa shape index (κ1) is 31.1. The van der Waals surface area contributed by atoms with E-state index in [1.54, 1.807) is 0 Å². The summed E-state index contributed by atoms with van der Waals surface area (Å²) in [6.45, 7) is 0.0917. The van der Waals surface area contributed by atoms with E-state index >= 15 is 0 Å². The van der Waals surface area contributed by atoms with Gasteiger partial charge in [-0.25, -0.2) is 4.99 Å². The standard InChI is InChI=1S/C28H35F2N7O4/c1-17(38)34-16-28(29,30)24(39)22(15-19-9-11-20(12-10-19)35-27(32)33)36-25(40)23-8-5-13-37(23)26(41)21(31)14-18-6-3-2-4-7-18/h2-4,6-7,9-12,21-23H,5,8,13-16,31H2,1H3,(H,34,38)(H,36,40)(H4,32,33,35)/t21-,22?,23+/m1/s1. The Balaban J connectivity index is 1.78. The molecule has 1 aliphatic heterocycles. The number of benzene rings is 2. The number of nitrogens with one attached hydrogen (secondary N) is 2. The van der Waals surface area contributed by atoms with Crippen molar-refractivity contribution in [1.29, 1.82) is 0 Å². The predicted molar refractivity (Wildman–Crippen MR) is 149 cm³/mol. The molecule has 3 amide bonds. The lowest BCUT2D eigenvalue weighted by atomic mass is 9.97. The van der Waals surface area contributed by atoms with E-state index in [4.69, 9.17) is 17.2 Å². The molecule has 41 heavy (non-hydrogen) atoms. The highest BCUT2D eigenvalue weighted by Crippen LogP contribution is 2.23. The number of Topliss-reactive ketones (excluding diaryl/α,β-unsaturated/α-hetero) is 1. The summed E-state index contributed by atoms with van der Waals surface area (Å²) in [7, 11) is 0. The van der Waals surface area contributed by atoms with Gasteiger partial charge in [0.1, 0.15) is 6.04 Å². The molecule has 0 bridgehead atoms. The Morgan fingerprint density at radius 3 is 2.27 bits per heavy atom. The zero-order valence-electron chi connectivity index (χ0n) is 22.7. The molecule has 2 aromatic carbocycles. The minimum absolute atomic E-state index is 0.171. The van der Waals surface area contributed by atoms with Crippen LogP contribution in [0.15, 0.2) is 59.6 Å². The molecule has 1 heterocycles. The van der Waals surface area contributed by atoms with Crippen molar-refractivity contribution in [2.24, 2.45) is 22.2 Å². The fraction of sp³-hybridized carbons (Fsp3) is 0.393. The summed E-state index contributed by atoms with van der Waals surface area (Å²) in [6.07, 6.45) is 0.769. The molecule has 0 saturated carbocycles. The van der Waals surface area contributed by atoms with E-state index in [1.165, 1.54) is 29.2 Å². The molecule has 1 unspecified atom stereocenters. The molecule has 1 saturated heterocycles. The maximum absolute atomic E-state index is 14.8. The monoisotopic (exact) mass is 571 g/mol. The normalized spacial score (nSPS) is 16.4. The van der Waals surface area contributed by atoms with Gasteiger partial charge >= 0.3 is 5.92 Å². The molecule has 3 atom stereocenters. The number of hydrogen-bond acceptors (Lipinski definition) is 6. The smallest absolute Gasteiger partial charge is 0.324 e. The number of alkyl halides is 2. The molecule has 220 valence electrons. The summed E-state index contributed by atoms with van der Waals surface area (Å²) >= 11 is 0. The van der Waals surface area contributed by atoms with Gasteiger partial charge in [-0.05, 0) is 48.9 Å². The number of nitrogens with zero attached hydrogens (tertiary/aromatic N) is 2. The van der Waals surface area contributed by atoms with Gasteiger partial charge in [-0.1, -0.05) is 42.5 Å². The zero-order valence-corrected chi connectivity index (χ0v) is 22.7. The van der Waals surface area contributed by atoms with E-state index in [9.17, 15) is 28.0 Å². The molecule has 8 N–H and O–H groups in total. The lowest BCUT2D eigenvalue weighted by Gasteiger charge is -2.29. The Morgan fingerprint density at radius 1 is 1.02 bits per heavy atom. The van der Waals surface area contributed by atoms with Crippen LogP contribution in [0.5, 0.6) is 0 Å². The molecule has 2 aromatic rings. The van der Waals surface area contributed by atoms with E-state index < -0.39 is 54.1 Å². The third-order valence-corrected chi connectivity index (χ3v) is 6.64. The van der Waals surface area contributed by atoms with Gasteiger partial charge in [0.05, 0.1) is 24.3 Å². The van der Waals surface area contributed by atoms with Crippen molar-refractivity contribution in [3.8, 4) is 0 Å². The molecule has 13 heteroatoms. The van der Waals surface area contributed by atoms with Crippen LogP contribution in [0.3, 0.4) is 0 Å². The lowest BCUT2D eigenvalue weighted by molar-refractivity contribution is -0.148. The van der Waals surface area contributed by atoms with Gasteiger partial charge < -0.3 is 32.7 Å². The molecule has 11 nitrogen and oxygen atoms in total. The van der Waals surface area contributed by atoms with Crippen LogP contribution in [0, 0.1) is 0 Å². The summed E-state index contributed by atoms with van der Waals surface area (Å²) in [6, 6.07) is 11.7. The molecule has 3 rings (SSSR count). The molecule has 0 aliphatic carbocycles. The second kappa shape index (κ2) is 13.8. The Bertz CT molecular complexity index is 1270. The van der Waals surface area contributed by atoms with E-state index in [0.717, 1.165) is 12.5 Å². The maximum Gasteiger partial charge on any atom is 0.324 e. The van der Waals surface area contributed by atoms with Gasteiger partial charge in [0, 0.05) is 13.5 Å². The Labute approximate surface area is 236 Å². The van der Waals surface area contributed by atoms with Crippen LogP contribution >= 0.6 is 0 Å². The number of hydrogen-bond donors (Lipinski definition) is 5. The number of ketones is 1. The fourth-order valence-electron chi connectivity index (χ4n) is 4.62. The quantitative estimate of drug-likeness (QED) is 0.181. The number of guanidine groups is 1. The van der Waals surface area contributed by atoms with Crippen molar-refractivity contribution in [1.82, 2.24) is 15.5 Å². The molecule has 1 fully saturated rings. The highest BCUT2D eigenvalue weighted by molar-refractivity contribution is 5.97. The number of rotatable bonds is 12. The van der Waals surface area contributed by atoms with Crippen molar-refractivity contribution < 1.29 is 28.0 Å². The maximum atomic E-state index is 14.8. The topological polar surface area (TPSA) is 186 Å². The zero-order chi connectivity index (χ0) is 30.2. The summed E-state index contributed by atoms with van der Waals surface area (Å²) in [5.74, 6) is -7.64. The summed E-state index contributed by atoms with van der Waals surface area (Å²) in [5.41, 5.74) is 18.6. The van der Waals surface area contributed by atoms with Gasteiger partial charge in [-0.2, -0.15) is 8.78 Å². The number of carbonyl (C=O) groups is 4. The number of amides is 3. The molecule has 0 aromatic heterocycles. The van der Waals surface area contributed by atoms with E-state index in [2.05, 4.69) is 10.3 Å². The van der Waals surface area contributed by atoms with Gasteiger partial charge in [0.25, 0.3) is 0 Å². The number of likely N-dealkylation sites (tertiary alicyclic amines) is 1. The predicted octanol–water partition coefficient (Wildman–Crippen LogP) is 0.520. The Morgan fingerprint density at radius 2 is 1.66 bits per heavy atom. The highest BCUT2D eigenvalue weighted by atomic mass is 19.3. The average Bonchev–Trinajstić information content (AvgIpc) is 3.42. The van der Waals surface area contributed by atoms with Gasteiger partial charge in [0.2, 0.25) is 23.5 Å². The Hall–Kier alpha value is -4.39. The average molecular weight is 572 g/mol. The van der Waals surface area contributed by atoms with E-state index in [0.29, 0.717) is 17.7 Å². The van der Waals surface area contributed by atoms with Gasteiger partial charge in [0.15, 0.2) is 5.96 Å². The fourth-order valence-corrected chi connectivity index (χ4v) is 4.62. The SMILES string of the molecule is CC(=O)NCC(F)(F)C(=O)C(Cc1ccc(N=C(N)N)cc1)NC(=O)[C@@H]1CCCN1C(=O)[C@H](N)Cc1ccccc1. The Kier molecular flexibility index (Phi) is 10.5. The van der Waals surface area contributed by atoms with Crippen molar-refractivity contribution in [2.45, 2.75) is 56.7 Å². The van der Waals surface area contributed by atoms with E-state index in [-0.39, 0.29) is 31.8 Å². The van der Waals surface area contributed by atoms with Crippen molar-refractivity contribution >= 4 is 35.2 Å². The summed E-state index contributed by atoms with van der Waals surface area (Å²) in [4.78, 5) is 55.9. The minimum Gasteiger partial charge on any atom is -0.370 e. The van der Waals surface area contributed by atoms with Gasteiger partial charge in [-0.15, -0.1) is 0 Å². The van der Waals surface area contributed by atoms with Crippen LogP contribution in [0.25, 0.3) is 0 Å². The van der Waals surface area contributed by atoms with Crippen LogP contribution in [0.4, 0.5) is 14.5 Å². The van der Waals surface area contributed by atoms with Crippen molar-refractivity contribution in [3.63, 3.8) is 0 Å². The van der Waals surface area contributed by atoms with Crippen LogP contribution in [0.2, 0.25) is 0 Å². The number of nitrogens with two attached hydrogens (primary N) is 3. The number of carbonyl (C=O) groups excluding carboxylic acids is 4. The highest BCUT2D eigenvalue weighted by Gasteiger charge is 2.45. The van der Waals surface area contributed by atoms with Gasteiger partial charge in [-0.3, -0.25) is 19.2 Å². The van der Waals surface area contributed by atoms with E-state index in [1.807, 2.05) is 35.6 Å². The number of halogens is 2. The van der Waals surface area contributed by atoms with Crippen molar-refractivity contribution in [2.75, 3.05) is 13.1 Å². The molecular formula is C28H35F2N7O4. The molecular weight excluding hydrogens is 536 g/mol. The largest absolute Gasteiger partial charge is 0.370 e. The van der Waals surface area contributed by atoms with Crippen LogP contribution in [0.1, 0.15) is 30.9 Å². The van der Waals surface area contributed by atoms with Crippen LogP contribution in [-0.4, -0.2) is 71.5 Å². The lowest BCUT2D eigenvalue weighted by Crippen LogP contribution is -2.57. The summed E-state index contributed by atoms with van der Waals surface area (Å²) < 4.78 is 29.7. The second-order valence-corrected chi connectivity index (χ2v) is 9.93.